The normalized spacial score (nSPS) is 10.1. The van der Waals surface area contributed by atoms with Gasteiger partial charge in [0.25, 0.3) is 5.91 Å². The fourth-order valence-corrected chi connectivity index (χ4v) is 2.08. The first kappa shape index (κ1) is 19.0. The second-order valence-electron chi connectivity index (χ2n) is 4.93. The van der Waals surface area contributed by atoms with Crippen LogP contribution in [0.25, 0.3) is 0 Å². The highest BCUT2D eigenvalue weighted by Crippen LogP contribution is 2.32. The Kier molecular flexibility index (Phi) is 7.53. The van der Waals surface area contributed by atoms with Crippen molar-refractivity contribution in [2.75, 3.05) is 20.3 Å². The number of benzene rings is 1. The second kappa shape index (κ2) is 9.14. The van der Waals surface area contributed by atoms with E-state index in [1.807, 2.05) is 13.8 Å². The minimum Gasteiger partial charge on any atom is -0.493 e. The Labute approximate surface area is 142 Å². The highest BCUT2D eigenvalue weighted by atomic mass is 79.9. The van der Waals surface area contributed by atoms with E-state index in [1.165, 1.54) is 13.2 Å². The average molecular weight is 387 g/mol. The first-order valence-corrected chi connectivity index (χ1v) is 7.68. The molecule has 0 saturated heterocycles. The fourth-order valence-electron chi connectivity index (χ4n) is 1.66. The van der Waals surface area contributed by atoms with Crippen molar-refractivity contribution >= 4 is 34.0 Å². The molecule has 2 amide bonds. The molecule has 0 aliphatic heterocycles. The third kappa shape index (κ3) is 6.27. The molecule has 0 radical (unpaired) electrons. The molecule has 1 aromatic carbocycles. The maximum absolute atomic E-state index is 11.7. The average Bonchev–Trinajstić information content (AvgIpc) is 2.50. The van der Waals surface area contributed by atoms with Crippen LogP contribution in [0.4, 0.5) is 0 Å². The summed E-state index contributed by atoms with van der Waals surface area (Å²) in [5.41, 5.74) is 0.373. The smallest absolute Gasteiger partial charge is 0.258 e. The number of rotatable bonds is 8. The quantitative estimate of drug-likeness (QED) is 0.656. The number of amides is 2. The molecule has 0 bridgehead atoms. The van der Waals surface area contributed by atoms with Crippen LogP contribution in [-0.2, 0) is 9.59 Å². The van der Waals surface area contributed by atoms with Crippen LogP contribution in [0, 0.1) is 0 Å². The molecule has 23 heavy (non-hydrogen) atoms. The van der Waals surface area contributed by atoms with Crippen molar-refractivity contribution in [2.45, 2.75) is 19.9 Å². The molecule has 0 aliphatic carbocycles. The van der Waals surface area contributed by atoms with E-state index in [0.717, 1.165) is 0 Å². The zero-order chi connectivity index (χ0) is 17.4. The molecule has 0 atom stereocenters. The molecule has 1 rings (SSSR count). The molecule has 0 unspecified atom stereocenters. The van der Waals surface area contributed by atoms with E-state index in [0.29, 0.717) is 22.1 Å². The SMILES string of the molecule is COc1cc(Br)c(C=O)cc1OCC(=O)NCC(=O)NC(C)C. The summed E-state index contributed by atoms with van der Waals surface area (Å²) in [5, 5.41) is 5.09. The number of aldehydes is 1. The predicted molar refractivity (Wildman–Crippen MR) is 87.9 cm³/mol. The Bertz CT molecular complexity index is 589. The monoisotopic (exact) mass is 386 g/mol. The van der Waals surface area contributed by atoms with Crippen LogP contribution in [0.1, 0.15) is 24.2 Å². The largest absolute Gasteiger partial charge is 0.493 e. The number of halogens is 1. The van der Waals surface area contributed by atoms with Gasteiger partial charge in [0.2, 0.25) is 5.91 Å². The molecule has 0 spiro atoms. The van der Waals surface area contributed by atoms with Gasteiger partial charge >= 0.3 is 0 Å². The van der Waals surface area contributed by atoms with Crippen molar-refractivity contribution in [3.63, 3.8) is 0 Å². The maximum Gasteiger partial charge on any atom is 0.258 e. The zero-order valence-corrected chi connectivity index (χ0v) is 14.7. The summed E-state index contributed by atoms with van der Waals surface area (Å²) in [6, 6.07) is 3.05. The number of carbonyl (C=O) groups excluding carboxylic acids is 3. The predicted octanol–water partition coefficient (Wildman–Crippen LogP) is 1.29. The fraction of sp³-hybridized carbons (Fsp3) is 0.400. The molecular formula is C15H19BrN2O5. The van der Waals surface area contributed by atoms with Gasteiger partial charge in [0.1, 0.15) is 0 Å². The molecule has 7 nitrogen and oxygen atoms in total. The molecule has 0 heterocycles. The van der Waals surface area contributed by atoms with Crippen LogP contribution >= 0.6 is 15.9 Å². The van der Waals surface area contributed by atoms with Crippen LogP contribution in [0.2, 0.25) is 0 Å². The second-order valence-corrected chi connectivity index (χ2v) is 5.78. The van der Waals surface area contributed by atoms with Crippen LogP contribution in [0.3, 0.4) is 0 Å². The summed E-state index contributed by atoms with van der Waals surface area (Å²) in [6.07, 6.45) is 0.659. The van der Waals surface area contributed by atoms with Gasteiger partial charge in [-0.05, 0) is 41.9 Å². The molecule has 2 N–H and O–H groups in total. The molecule has 0 fully saturated rings. The van der Waals surface area contributed by atoms with E-state index in [4.69, 9.17) is 9.47 Å². The topological polar surface area (TPSA) is 93.7 Å². The highest BCUT2D eigenvalue weighted by molar-refractivity contribution is 9.10. The van der Waals surface area contributed by atoms with Gasteiger partial charge in [0.05, 0.1) is 13.7 Å². The number of carbonyl (C=O) groups is 3. The number of nitrogens with one attached hydrogen (secondary N) is 2. The molecule has 1 aromatic rings. The number of hydrogen-bond donors (Lipinski definition) is 2. The van der Waals surface area contributed by atoms with E-state index < -0.39 is 5.91 Å². The molecule has 0 aromatic heterocycles. The number of ether oxygens (including phenoxy) is 2. The molecule has 0 aliphatic rings. The van der Waals surface area contributed by atoms with Gasteiger partial charge in [0, 0.05) is 16.1 Å². The molecule has 126 valence electrons. The van der Waals surface area contributed by atoms with Crippen molar-refractivity contribution < 1.29 is 23.9 Å². The summed E-state index contributed by atoms with van der Waals surface area (Å²) in [7, 11) is 1.45. The summed E-state index contributed by atoms with van der Waals surface area (Å²) >= 11 is 3.23. The van der Waals surface area contributed by atoms with E-state index in [2.05, 4.69) is 26.6 Å². The molecular weight excluding hydrogens is 368 g/mol. The van der Waals surface area contributed by atoms with Gasteiger partial charge in [-0.15, -0.1) is 0 Å². The Morgan fingerprint density at radius 3 is 2.52 bits per heavy atom. The number of hydrogen-bond acceptors (Lipinski definition) is 5. The molecule has 0 saturated carbocycles. The minimum atomic E-state index is -0.457. The van der Waals surface area contributed by atoms with Gasteiger partial charge < -0.3 is 20.1 Å². The minimum absolute atomic E-state index is 0.00411. The van der Waals surface area contributed by atoms with Gasteiger partial charge in [0.15, 0.2) is 24.4 Å². The summed E-state index contributed by atoms with van der Waals surface area (Å²) in [6.45, 7) is 3.23. The zero-order valence-electron chi connectivity index (χ0n) is 13.1. The van der Waals surface area contributed by atoms with Gasteiger partial charge in [-0.1, -0.05) is 0 Å². The first-order chi connectivity index (χ1) is 10.9. The first-order valence-electron chi connectivity index (χ1n) is 6.89. The van der Waals surface area contributed by atoms with E-state index >= 15 is 0 Å². The van der Waals surface area contributed by atoms with Crippen molar-refractivity contribution in [2.24, 2.45) is 0 Å². The van der Waals surface area contributed by atoms with Crippen molar-refractivity contribution in [1.82, 2.24) is 10.6 Å². The maximum atomic E-state index is 11.7. The van der Waals surface area contributed by atoms with Crippen LogP contribution < -0.4 is 20.1 Å². The van der Waals surface area contributed by atoms with Crippen molar-refractivity contribution in [1.29, 1.82) is 0 Å². The highest BCUT2D eigenvalue weighted by Gasteiger charge is 2.12. The third-order valence-corrected chi connectivity index (χ3v) is 3.35. The Morgan fingerprint density at radius 2 is 1.96 bits per heavy atom. The van der Waals surface area contributed by atoms with Crippen molar-refractivity contribution in [3.8, 4) is 11.5 Å². The number of methoxy groups -OCH3 is 1. The van der Waals surface area contributed by atoms with E-state index in [9.17, 15) is 14.4 Å². The lowest BCUT2D eigenvalue weighted by molar-refractivity contribution is -0.127. The van der Waals surface area contributed by atoms with Gasteiger partial charge in [-0.3, -0.25) is 14.4 Å². The van der Waals surface area contributed by atoms with Crippen LogP contribution in [0.15, 0.2) is 16.6 Å². The van der Waals surface area contributed by atoms with E-state index in [1.54, 1.807) is 6.07 Å². The lowest BCUT2D eigenvalue weighted by Gasteiger charge is -2.13. The summed E-state index contributed by atoms with van der Waals surface area (Å²) in [5.74, 6) is -0.0910. The van der Waals surface area contributed by atoms with Crippen molar-refractivity contribution in [3.05, 3.63) is 22.2 Å². The summed E-state index contributed by atoms with van der Waals surface area (Å²) < 4.78 is 11.0. The lowest BCUT2D eigenvalue weighted by Crippen LogP contribution is -2.41. The summed E-state index contributed by atoms with van der Waals surface area (Å²) in [4.78, 5) is 34.0. The third-order valence-electron chi connectivity index (χ3n) is 2.66. The Morgan fingerprint density at radius 1 is 1.26 bits per heavy atom. The van der Waals surface area contributed by atoms with Gasteiger partial charge in [-0.25, -0.2) is 0 Å². The Hall–Kier alpha value is -2.09. The van der Waals surface area contributed by atoms with Crippen LogP contribution in [-0.4, -0.2) is 44.4 Å². The van der Waals surface area contributed by atoms with E-state index in [-0.39, 0.29) is 30.9 Å². The Balaban J connectivity index is 2.59. The lowest BCUT2D eigenvalue weighted by atomic mass is 10.2. The van der Waals surface area contributed by atoms with Crippen LogP contribution in [0.5, 0.6) is 11.5 Å². The standard InChI is InChI=1S/C15H19BrN2O5/c1-9(2)18-14(20)6-17-15(21)8-23-13-4-10(7-19)11(16)5-12(13)22-3/h4-5,7,9H,6,8H2,1-3H3,(H,17,21)(H,18,20). The van der Waals surface area contributed by atoms with Gasteiger partial charge in [-0.2, -0.15) is 0 Å². The molecule has 8 heteroatoms.